The van der Waals surface area contributed by atoms with Gasteiger partial charge in [-0.05, 0) is 25.6 Å². The quantitative estimate of drug-likeness (QED) is 0.599. The number of hydrogen-bond acceptors (Lipinski definition) is 5. The Morgan fingerprint density at radius 2 is 2.10 bits per heavy atom. The fourth-order valence-electron chi connectivity index (χ4n) is 2.09. The summed E-state index contributed by atoms with van der Waals surface area (Å²) in [6.07, 6.45) is 3.35. The van der Waals surface area contributed by atoms with Crippen molar-refractivity contribution in [2.24, 2.45) is 0 Å². The van der Waals surface area contributed by atoms with Crippen molar-refractivity contribution in [2.45, 2.75) is 24.9 Å². The molecule has 21 heavy (non-hydrogen) atoms. The molecule has 0 aliphatic heterocycles. The third-order valence-corrected chi connectivity index (χ3v) is 4.03. The molecule has 0 spiro atoms. The van der Waals surface area contributed by atoms with Crippen molar-refractivity contribution in [1.82, 2.24) is 15.3 Å². The first-order chi connectivity index (χ1) is 10.3. The van der Waals surface area contributed by atoms with Gasteiger partial charge in [0.25, 0.3) is 0 Å². The summed E-state index contributed by atoms with van der Waals surface area (Å²) >= 11 is 1.72. The highest BCUT2D eigenvalue weighted by atomic mass is 32.2. The maximum absolute atomic E-state index is 5.74. The molecule has 5 heteroatoms. The third kappa shape index (κ3) is 4.72. The standard InChI is InChI=1S/C16H21N3OS/c1-3-18-14(11-21-16-9-10-17-12-19-16)13-7-5-6-8-15(13)20-4-2/h5-10,12,14,18H,3-4,11H2,1-2H3. The number of rotatable bonds is 8. The monoisotopic (exact) mass is 303 g/mol. The van der Waals surface area contributed by atoms with Crippen LogP contribution >= 0.6 is 11.8 Å². The normalized spacial score (nSPS) is 12.1. The van der Waals surface area contributed by atoms with Crippen molar-refractivity contribution in [3.8, 4) is 5.75 Å². The van der Waals surface area contributed by atoms with Crippen LogP contribution in [0.3, 0.4) is 0 Å². The lowest BCUT2D eigenvalue weighted by molar-refractivity contribution is 0.333. The lowest BCUT2D eigenvalue weighted by Crippen LogP contribution is -2.23. The summed E-state index contributed by atoms with van der Waals surface area (Å²) in [5.41, 5.74) is 1.20. The fraction of sp³-hybridized carbons (Fsp3) is 0.375. The molecule has 1 unspecified atom stereocenters. The molecule has 1 N–H and O–H groups in total. The van der Waals surface area contributed by atoms with E-state index in [1.54, 1.807) is 24.3 Å². The molecular weight excluding hydrogens is 282 g/mol. The topological polar surface area (TPSA) is 47.0 Å². The first-order valence-corrected chi connectivity index (χ1v) is 8.17. The molecule has 0 aliphatic rings. The van der Waals surface area contributed by atoms with Gasteiger partial charge >= 0.3 is 0 Å². The van der Waals surface area contributed by atoms with Gasteiger partial charge in [-0.3, -0.25) is 0 Å². The second-order valence-electron chi connectivity index (χ2n) is 4.44. The van der Waals surface area contributed by atoms with Crippen LogP contribution in [-0.4, -0.2) is 28.9 Å². The van der Waals surface area contributed by atoms with E-state index in [-0.39, 0.29) is 6.04 Å². The van der Waals surface area contributed by atoms with E-state index in [2.05, 4.69) is 34.3 Å². The fourth-order valence-corrected chi connectivity index (χ4v) is 3.01. The summed E-state index contributed by atoms with van der Waals surface area (Å²) < 4.78 is 5.74. The van der Waals surface area contributed by atoms with Gasteiger partial charge in [0.15, 0.2) is 0 Å². The molecule has 1 aromatic heterocycles. The molecule has 1 atom stereocenters. The Kier molecular flexibility index (Phi) is 6.50. The minimum Gasteiger partial charge on any atom is -0.494 e. The zero-order valence-electron chi connectivity index (χ0n) is 12.5. The molecule has 0 radical (unpaired) electrons. The number of hydrogen-bond donors (Lipinski definition) is 1. The van der Waals surface area contributed by atoms with Crippen LogP contribution in [0.15, 0.2) is 47.9 Å². The predicted molar refractivity (Wildman–Crippen MR) is 86.8 cm³/mol. The van der Waals surface area contributed by atoms with Crippen molar-refractivity contribution in [3.63, 3.8) is 0 Å². The number of nitrogens with one attached hydrogen (secondary N) is 1. The van der Waals surface area contributed by atoms with Crippen molar-refractivity contribution >= 4 is 11.8 Å². The van der Waals surface area contributed by atoms with Crippen LogP contribution in [0.2, 0.25) is 0 Å². The van der Waals surface area contributed by atoms with E-state index in [0.29, 0.717) is 6.61 Å². The van der Waals surface area contributed by atoms with Gasteiger partial charge in [-0.1, -0.05) is 25.1 Å². The van der Waals surface area contributed by atoms with Crippen LogP contribution < -0.4 is 10.1 Å². The molecule has 0 saturated heterocycles. The van der Waals surface area contributed by atoms with Crippen LogP contribution in [0, 0.1) is 0 Å². The first-order valence-electron chi connectivity index (χ1n) is 7.19. The molecular formula is C16H21N3OS. The highest BCUT2D eigenvalue weighted by Crippen LogP contribution is 2.29. The minimum atomic E-state index is 0.234. The molecule has 1 heterocycles. The minimum absolute atomic E-state index is 0.234. The van der Waals surface area contributed by atoms with Crippen molar-refractivity contribution < 1.29 is 4.74 Å². The number of aromatic nitrogens is 2. The molecule has 0 aliphatic carbocycles. The second-order valence-corrected chi connectivity index (χ2v) is 5.48. The van der Waals surface area contributed by atoms with Gasteiger partial charge in [0.1, 0.15) is 12.1 Å². The van der Waals surface area contributed by atoms with Gasteiger partial charge in [0.05, 0.1) is 11.6 Å². The lowest BCUT2D eigenvalue weighted by Gasteiger charge is -2.20. The SMILES string of the molecule is CCNC(CSc1ccncn1)c1ccccc1OCC. The van der Waals surface area contributed by atoms with Gasteiger partial charge < -0.3 is 10.1 Å². The summed E-state index contributed by atoms with van der Waals surface area (Å²) in [6.45, 7) is 5.71. The summed E-state index contributed by atoms with van der Waals surface area (Å²) in [4.78, 5) is 8.20. The van der Waals surface area contributed by atoms with Gasteiger partial charge in [-0.2, -0.15) is 0 Å². The van der Waals surface area contributed by atoms with Gasteiger partial charge in [0, 0.05) is 23.6 Å². The number of benzene rings is 1. The molecule has 1 aromatic carbocycles. The number of ether oxygens (including phenoxy) is 1. The number of nitrogens with zero attached hydrogens (tertiary/aromatic N) is 2. The maximum atomic E-state index is 5.74. The predicted octanol–water partition coefficient (Wildman–Crippen LogP) is 3.32. The van der Waals surface area contributed by atoms with E-state index in [0.717, 1.165) is 23.1 Å². The third-order valence-electron chi connectivity index (χ3n) is 3.00. The largest absolute Gasteiger partial charge is 0.494 e. The Morgan fingerprint density at radius 3 is 2.81 bits per heavy atom. The molecule has 0 fully saturated rings. The van der Waals surface area contributed by atoms with Gasteiger partial charge in [0.2, 0.25) is 0 Å². The second kappa shape index (κ2) is 8.64. The highest BCUT2D eigenvalue weighted by Gasteiger charge is 2.15. The van der Waals surface area contributed by atoms with E-state index < -0.39 is 0 Å². The molecule has 0 bridgehead atoms. The zero-order valence-corrected chi connectivity index (χ0v) is 13.3. The van der Waals surface area contributed by atoms with Crippen LogP contribution in [-0.2, 0) is 0 Å². The Balaban J connectivity index is 2.11. The maximum Gasteiger partial charge on any atom is 0.124 e. The summed E-state index contributed by atoms with van der Waals surface area (Å²) in [6, 6.07) is 10.4. The van der Waals surface area contributed by atoms with E-state index in [1.165, 1.54) is 5.56 Å². The smallest absolute Gasteiger partial charge is 0.124 e. The molecule has 0 saturated carbocycles. The average Bonchev–Trinajstić information content (AvgIpc) is 2.53. The van der Waals surface area contributed by atoms with E-state index in [9.17, 15) is 0 Å². The molecule has 4 nitrogen and oxygen atoms in total. The van der Waals surface area contributed by atoms with Crippen molar-refractivity contribution in [3.05, 3.63) is 48.4 Å². The van der Waals surface area contributed by atoms with Crippen LogP contribution in [0.4, 0.5) is 0 Å². The highest BCUT2D eigenvalue weighted by molar-refractivity contribution is 7.99. The Hall–Kier alpha value is -1.59. The Bertz CT molecular complexity index is 536. The molecule has 0 amide bonds. The lowest BCUT2D eigenvalue weighted by atomic mass is 10.1. The molecule has 112 valence electrons. The number of para-hydroxylation sites is 1. The van der Waals surface area contributed by atoms with Gasteiger partial charge in [-0.15, -0.1) is 11.8 Å². The van der Waals surface area contributed by atoms with Crippen molar-refractivity contribution in [1.29, 1.82) is 0 Å². The van der Waals surface area contributed by atoms with E-state index in [1.807, 2.05) is 25.1 Å². The zero-order chi connectivity index (χ0) is 14.9. The summed E-state index contributed by atoms with van der Waals surface area (Å²) in [5.74, 6) is 1.85. The van der Waals surface area contributed by atoms with E-state index in [4.69, 9.17) is 4.74 Å². The van der Waals surface area contributed by atoms with Gasteiger partial charge in [-0.25, -0.2) is 9.97 Å². The van der Waals surface area contributed by atoms with Crippen LogP contribution in [0.25, 0.3) is 0 Å². The first kappa shape index (κ1) is 15.8. The van der Waals surface area contributed by atoms with Crippen molar-refractivity contribution in [2.75, 3.05) is 18.9 Å². The molecule has 2 aromatic rings. The average molecular weight is 303 g/mol. The summed E-state index contributed by atoms with van der Waals surface area (Å²) in [7, 11) is 0. The Labute approximate surface area is 130 Å². The van der Waals surface area contributed by atoms with Crippen LogP contribution in [0.1, 0.15) is 25.5 Å². The number of thioether (sulfide) groups is 1. The van der Waals surface area contributed by atoms with E-state index >= 15 is 0 Å². The summed E-state index contributed by atoms with van der Waals surface area (Å²) in [5, 5.41) is 4.51. The van der Waals surface area contributed by atoms with Crippen LogP contribution in [0.5, 0.6) is 5.75 Å². The Morgan fingerprint density at radius 1 is 1.24 bits per heavy atom. The molecule has 2 rings (SSSR count).